The Hall–Kier alpha value is -3.94. The lowest BCUT2D eigenvalue weighted by Gasteiger charge is -2.42. The number of hydrogen-bond donors (Lipinski definition) is 2. The highest BCUT2D eigenvalue weighted by atomic mass is 32.2. The van der Waals surface area contributed by atoms with Crippen LogP contribution in [0.5, 0.6) is 0 Å². The van der Waals surface area contributed by atoms with Crippen LogP contribution in [-0.2, 0) is 44.9 Å². The fourth-order valence-electron chi connectivity index (χ4n) is 5.66. The van der Waals surface area contributed by atoms with Crippen molar-refractivity contribution in [3.63, 3.8) is 0 Å². The van der Waals surface area contributed by atoms with Crippen LogP contribution in [0.25, 0.3) is 0 Å². The van der Waals surface area contributed by atoms with Crippen LogP contribution in [-0.4, -0.2) is 93.5 Å². The first kappa shape index (κ1) is 49.2. The summed E-state index contributed by atoms with van der Waals surface area (Å²) in [6.07, 6.45) is 2.04. The maximum absolute atomic E-state index is 13.4. The molecule has 2 rings (SSSR count). The molecule has 1 aliphatic rings. The van der Waals surface area contributed by atoms with E-state index in [4.69, 9.17) is 4.74 Å². The molecular weight excluding hydrogens is 747 g/mol. The van der Waals surface area contributed by atoms with E-state index in [0.29, 0.717) is 37.1 Å². The van der Waals surface area contributed by atoms with Gasteiger partial charge in [-0.05, 0) is 68.1 Å². The molecule has 1 aromatic carbocycles. The van der Waals surface area contributed by atoms with Gasteiger partial charge in [0, 0.05) is 43.0 Å². The van der Waals surface area contributed by atoms with E-state index in [1.54, 1.807) is 61.8 Å². The summed E-state index contributed by atoms with van der Waals surface area (Å²) >= 11 is 1.26. The molecule has 1 fully saturated rings. The Kier molecular flexibility index (Phi) is 18.7. The average molecular weight is 816 g/mol. The van der Waals surface area contributed by atoms with Gasteiger partial charge in [0.15, 0.2) is 5.78 Å². The molecule has 0 radical (unpaired) electrons. The Labute approximate surface area is 345 Å². The average Bonchev–Trinajstić information content (AvgIpc) is 3.11. The minimum atomic E-state index is -0.790. The van der Waals surface area contributed by atoms with E-state index < -0.39 is 17.4 Å². The van der Waals surface area contributed by atoms with Gasteiger partial charge in [0.2, 0.25) is 29.5 Å². The smallest absolute Gasteiger partial charge is 0.311 e. The zero-order valence-electron chi connectivity index (χ0n) is 36.5. The standard InChI is InChI=1S/C43H69N5O8S/c1-29(2)38(33(49)23-30(3)39(54)44-32-15-13-31(14-16-32)24-56-40(55)43(10,11)12)45-34(50)25-57-22-19-37(53)48-27-46(35(51)17-20-41(4,5)6)26-47(28-48)36(52)18-21-42(7,8)9/h13-16,29-30,38H,17-28H2,1-12H3,(H,44,54)(H,45,50)/t30-,38+/m1/s1. The molecule has 1 aliphatic heterocycles. The number of anilines is 1. The molecule has 320 valence electrons. The van der Waals surface area contributed by atoms with Crippen molar-refractivity contribution in [1.82, 2.24) is 20.0 Å². The zero-order chi connectivity index (χ0) is 43.3. The third kappa shape index (κ3) is 18.5. The van der Waals surface area contributed by atoms with Gasteiger partial charge in [-0.2, -0.15) is 11.8 Å². The first-order valence-corrected chi connectivity index (χ1v) is 21.2. The quantitative estimate of drug-likeness (QED) is 0.123. The predicted molar refractivity (Wildman–Crippen MR) is 224 cm³/mol. The van der Waals surface area contributed by atoms with Gasteiger partial charge >= 0.3 is 5.97 Å². The Balaban J connectivity index is 1.89. The number of benzene rings is 1. The summed E-state index contributed by atoms with van der Waals surface area (Å²) in [5.41, 5.74) is 0.638. The van der Waals surface area contributed by atoms with E-state index >= 15 is 0 Å². The van der Waals surface area contributed by atoms with Crippen molar-refractivity contribution < 1.29 is 38.3 Å². The summed E-state index contributed by atoms with van der Waals surface area (Å²) in [6, 6.07) is 6.13. The molecule has 1 saturated heterocycles. The molecule has 14 heteroatoms. The summed E-state index contributed by atoms with van der Waals surface area (Å²) < 4.78 is 5.34. The molecule has 57 heavy (non-hydrogen) atoms. The number of nitrogens with one attached hydrogen (secondary N) is 2. The van der Waals surface area contributed by atoms with Crippen LogP contribution in [0, 0.1) is 28.1 Å². The van der Waals surface area contributed by atoms with E-state index in [-0.39, 0.29) is 103 Å². The van der Waals surface area contributed by atoms with Gasteiger partial charge in [-0.15, -0.1) is 0 Å². The predicted octanol–water partition coefficient (Wildman–Crippen LogP) is 6.60. The van der Waals surface area contributed by atoms with E-state index in [9.17, 15) is 33.6 Å². The highest BCUT2D eigenvalue weighted by molar-refractivity contribution is 7.99. The van der Waals surface area contributed by atoms with Crippen molar-refractivity contribution in [1.29, 1.82) is 0 Å². The summed E-state index contributed by atoms with van der Waals surface area (Å²) in [7, 11) is 0. The number of carbonyl (C=O) groups excluding carboxylic acids is 7. The highest BCUT2D eigenvalue weighted by Crippen LogP contribution is 2.25. The molecule has 0 spiro atoms. The number of Topliss-reactive ketones (excluding diaryl/α,β-unsaturated/α-hetero) is 1. The van der Waals surface area contributed by atoms with Crippen molar-refractivity contribution in [2.45, 2.75) is 134 Å². The van der Waals surface area contributed by atoms with Crippen LogP contribution in [0.15, 0.2) is 24.3 Å². The van der Waals surface area contributed by atoms with Crippen molar-refractivity contribution >= 4 is 58.7 Å². The van der Waals surface area contributed by atoms with Gasteiger partial charge in [-0.1, -0.05) is 74.4 Å². The number of hydrogen-bond acceptors (Lipinski definition) is 9. The van der Waals surface area contributed by atoms with Gasteiger partial charge in [0.1, 0.15) is 6.61 Å². The van der Waals surface area contributed by atoms with Crippen LogP contribution >= 0.6 is 11.8 Å². The SMILES string of the molecule is CC(C)[C@H](NC(=O)CSCCC(=O)N1CN(C(=O)CCC(C)(C)C)CN(C(=O)CCC(C)(C)C)C1)C(=O)C[C@@H](C)C(=O)Nc1ccc(COC(=O)C(C)(C)C)cc1. The monoisotopic (exact) mass is 815 g/mol. The molecule has 0 aliphatic carbocycles. The molecule has 0 unspecified atom stereocenters. The number of ketones is 1. The van der Waals surface area contributed by atoms with E-state index in [1.165, 1.54) is 16.7 Å². The number of nitrogens with zero attached hydrogens (tertiary/aromatic N) is 3. The topological polar surface area (TPSA) is 162 Å². The van der Waals surface area contributed by atoms with Gasteiger partial charge in [0.05, 0.1) is 37.2 Å². The number of thioether (sulfide) groups is 1. The molecule has 1 heterocycles. The van der Waals surface area contributed by atoms with Crippen LogP contribution in [0.3, 0.4) is 0 Å². The van der Waals surface area contributed by atoms with Gasteiger partial charge in [0.25, 0.3) is 0 Å². The van der Waals surface area contributed by atoms with E-state index in [1.807, 2.05) is 13.8 Å². The molecule has 13 nitrogen and oxygen atoms in total. The third-order valence-corrected chi connectivity index (χ3v) is 10.4. The number of amides is 5. The maximum Gasteiger partial charge on any atom is 0.311 e. The Morgan fingerprint density at radius 1 is 0.719 bits per heavy atom. The maximum atomic E-state index is 13.4. The van der Waals surface area contributed by atoms with Gasteiger partial charge in [-0.25, -0.2) is 0 Å². The molecule has 1 aromatic rings. The van der Waals surface area contributed by atoms with Crippen molar-refractivity contribution in [2.75, 3.05) is 36.8 Å². The number of carbonyl (C=O) groups is 7. The van der Waals surface area contributed by atoms with Crippen LogP contribution in [0.2, 0.25) is 0 Å². The minimum absolute atomic E-state index is 0.0278. The van der Waals surface area contributed by atoms with Crippen molar-refractivity contribution in [3.8, 4) is 0 Å². The molecule has 2 atom stereocenters. The van der Waals surface area contributed by atoms with E-state index in [2.05, 4.69) is 52.2 Å². The second kappa shape index (κ2) is 21.7. The fraction of sp³-hybridized carbons (Fsp3) is 0.698. The molecule has 5 amide bonds. The zero-order valence-corrected chi connectivity index (χ0v) is 37.4. The largest absolute Gasteiger partial charge is 0.460 e. The van der Waals surface area contributed by atoms with Gasteiger partial charge < -0.3 is 30.1 Å². The lowest BCUT2D eigenvalue weighted by molar-refractivity contribution is -0.159. The van der Waals surface area contributed by atoms with Crippen LogP contribution in [0.4, 0.5) is 5.69 Å². The molecule has 0 bridgehead atoms. The lowest BCUT2D eigenvalue weighted by Crippen LogP contribution is -2.59. The number of ether oxygens (including phenoxy) is 1. The second-order valence-electron chi connectivity index (χ2n) is 19.0. The van der Waals surface area contributed by atoms with Crippen LogP contribution in [0.1, 0.15) is 127 Å². The highest BCUT2D eigenvalue weighted by Gasteiger charge is 2.33. The fourth-order valence-corrected chi connectivity index (χ4v) is 6.39. The summed E-state index contributed by atoms with van der Waals surface area (Å²) in [5.74, 6) is -2.20. The molecular formula is C43H69N5O8S. The Bertz CT molecular complexity index is 1520. The summed E-state index contributed by atoms with van der Waals surface area (Å²) in [6.45, 7) is 23.5. The first-order valence-electron chi connectivity index (χ1n) is 20.1. The van der Waals surface area contributed by atoms with E-state index in [0.717, 1.165) is 5.56 Å². The Morgan fingerprint density at radius 2 is 1.19 bits per heavy atom. The van der Waals surface area contributed by atoms with Crippen LogP contribution < -0.4 is 10.6 Å². The number of esters is 1. The first-order chi connectivity index (χ1) is 26.3. The minimum Gasteiger partial charge on any atom is -0.460 e. The Morgan fingerprint density at radius 3 is 1.63 bits per heavy atom. The normalized spacial score (nSPS) is 14.9. The van der Waals surface area contributed by atoms with Gasteiger partial charge in [-0.3, -0.25) is 33.6 Å². The lowest BCUT2D eigenvalue weighted by atomic mass is 9.90. The molecule has 0 saturated carbocycles. The molecule has 2 N–H and O–H groups in total. The van der Waals surface area contributed by atoms with Crippen molar-refractivity contribution in [3.05, 3.63) is 29.8 Å². The van der Waals surface area contributed by atoms with Crippen molar-refractivity contribution in [2.24, 2.45) is 28.1 Å². The molecule has 0 aromatic heterocycles. The summed E-state index contributed by atoms with van der Waals surface area (Å²) in [4.78, 5) is 95.7. The number of rotatable bonds is 18. The summed E-state index contributed by atoms with van der Waals surface area (Å²) in [5, 5.41) is 5.64. The third-order valence-electron chi connectivity index (χ3n) is 9.44. The second-order valence-corrected chi connectivity index (χ2v) is 20.1.